The van der Waals surface area contributed by atoms with Gasteiger partial charge >= 0.3 is 0 Å². The van der Waals surface area contributed by atoms with Crippen LogP contribution < -0.4 is 5.32 Å². The first-order chi connectivity index (χ1) is 8.33. The van der Waals surface area contributed by atoms with E-state index in [4.69, 9.17) is 11.6 Å². The highest BCUT2D eigenvalue weighted by Crippen LogP contribution is 2.19. The summed E-state index contributed by atoms with van der Waals surface area (Å²) in [5, 5.41) is 7.78. The first-order valence-electron chi connectivity index (χ1n) is 5.00. The van der Waals surface area contributed by atoms with Crippen molar-refractivity contribution >= 4 is 28.8 Å². The van der Waals surface area contributed by atoms with Crippen LogP contribution in [0.5, 0.6) is 0 Å². The summed E-state index contributed by atoms with van der Waals surface area (Å²) >= 11 is 5.94. The predicted molar refractivity (Wildman–Crippen MR) is 65.5 cm³/mol. The van der Waals surface area contributed by atoms with Gasteiger partial charge in [-0.1, -0.05) is 11.6 Å². The molecular formula is C11H8ClN5. The van der Waals surface area contributed by atoms with Crippen molar-refractivity contribution in [1.29, 1.82) is 0 Å². The molecule has 0 amide bonds. The van der Waals surface area contributed by atoms with Crippen LogP contribution in [0.15, 0.2) is 42.9 Å². The third-order valence-corrected chi connectivity index (χ3v) is 2.46. The first kappa shape index (κ1) is 10.0. The summed E-state index contributed by atoms with van der Waals surface area (Å²) in [6, 6.07) is 7.27. The Kier molecular flexibility index (Phi) is 2.38. The summed E-state index contributed by atoms with van der Waals surface area (Å²) in [5.74, 6) is 0.748. The summed E-state index contributed by atoms with van der Waals surface area (Å²) in [7, 11) is 0. The number of nitrogens with zero attached hydrogens (tertiary/aromatic N) is 4. The monoisotopic (exact) mass is 245 g/mol. The molecule has 0 bridgehead atoms. The summed E-state index contributed by atoms with van der Waals surface area (Å²) < 4.78 is 1.68. The van der Waals surface area contributed by atoms with Crippen LogP contribution in [0, 0.1) is 0 Å². The second-order valence-corrected chi connectivity index (χ2v) is 3.82. The number of aromatic nitrogens is 4. The number of hydrogen-bond acceptors (Lipinski definition) is 4. The lowest BCUT2D eigenvalue weighted by Crippen LogP contribution is -2.01. The van der Waals surface area contributed by atoms with Crippen LogP contribution in [0.1, 0.15) is 0 Å². The van der Waals surface area contributed by atoms with Gasteiger partial charge in [-0.3, -0.25) is 4.98 Å². The van der Waals surface area contributed by atoms with Gasteiger partial charge in [0.15, 0.2) is 5.65 Å². The summed E-state index contributed by atoms with van der Waals surface area (Å²) in [6.07, 6.45) is 5.12. The molecule has 3 heterocycles. The summed E-state index contributed by atoms with van der Waals surface area (Å²) in [5.41, 5.74) is 1.57. The second-order valence-electron chi connectivity index (χ2n) is 3.43. The molecule has 17 heavy (non-hydrogen) atoms. The van der Waals surface area contributed by atoms with E-state index < -0.39 is 0 Å². The van der Waals surface area contributed by atoms with E-state index in [-0.39, 0.29) is 0 Å². The molecular weight excluding hydrogens is 238 g/mol. The number of rotatable bonds is 2. The van der Waals surface area contributed by atoms with Crippen molar-refractivity contribution in [2.24, 2.45) is 0 Å². The van der Waals surface area contributed by atoms with Gasteiger partial charge < -0.3 is 5.32 Å². The van der Waals surface area contributed by atoms with Gasteiger partial charge in [0.2, 0.25) is 0 Å². The Balaban J connectivity index is 2.08. The average Bonchev–Trinajstić information content (AvgIpc) is 2.78. The fourth-order valence-electron chi connectivity index (χ4n) is 1.56. The minimum Gasteiger partial charge on any atom is -0.339 e. The van der Waals surface area contributed by atoms with Gasteiger partial charge in [0.05, 0.1) is 18.1 Å². The van der Waals surface area contributed by atoms with Gasteiger partial charge in [0.25, 0.3) is 0 Å². The maximum absolute atomic E-state index is 5.94. The van der Waals surface area contributed by atoms with Crippen molar-refractivity contribution in [3.05, 3.63) is 48.0 Å². The molecule has 3 aromatic heterocycles. The third kappa shape index (κ3) is 1.92. The standard InChI is InChI=1S/C11H8ClN5/c12-9-6-11(15-8-2-1-4-13-7-8)17-10(16-9)3-5-14-17/h1-7,15H. The maximum Gasteiger partial charge on any atom is 0.159 e. The number of nitrogens with one attached hydrogen (secondary N) is 1. The lowest BCUT2D eigenvalue weighted by molar-refractivity contribution is 0.947. The van der Waals surface area contributed by atoms with E-state index in [1.165, 1.54) is 0 Å². The van der Waals surface area contributed by atoms with Gasteiger partial charge in [-0.2, -0.15) is 9.61 Å². The lowest BCUT2D eigenvalue weighted by Gasteiger charge is -2.07. The molecule has 0 spiro atoms. The molecule has 0 saturated carbocycles. The van der Waals surface area contributed by atoms with Gasteiger partial charge in [-0.05, 0) is 12.1 Å². The molecule has 0 saturated heterocycles. The zero-order valence-electron chi connectivity index (χ0n) is 8.71. The van der Waals surface area contributed by atoms with E-state index in [1.54, 1.807) is 35.2 Å². The fourth-order valence-corrected chi connectivity index (χ4v) is 1.75. The van der Waals surface area contributed by atoms with Crippen molar-refractivity contribution in [2.75, 3.05) is 5.32 Å². The molecule has 3 aromatic rings. The minimum absolute atomic E-state index is 0.421. The predicted octanol–water partition coefficient (Wildman–Crippen LogP) is 2.52. The molecule has 3 rings (SSSR count). The molecule has 84 valence electrons. The third-order valence-electron chi connectivity index (χ3n) is 2.26. The summed E-state index contributed by atoms with van der Waals surface area (Å²) in [4.78, 5) is 8.18. The van der Waals surface area contributed by atoms with Crippen LogP contribution in [0.4, 0.5) is 11.5 Å². The van der Waals surface area contributed by atoms with Crippen molar-refractivity contribution in [2.45, 2.75) is 0 Å². The van der Waals surface area contributed by atoms with E-state index in [0.29, 0.717) is 10.8 Å². The van der Waals surface area contributed by atoms with Gasteiger partial charge in [0.1, 0.15) is 11.0 Å². The highest BCUT2D eigenvalue weighted by Gasteiger charge is 2.05. The van der Waals surface area contributed by atoms with Crippen LogP contribution in [0.3, 0.4) is 0 Å². The molecule has 0 radical (unpaired) electrons. The van der Waals surface area contributed by atoms with Crippen molar-refractivity contribution in [3.63, 3.8) is 0 Å². The van der Waals surface area contributed by atoms with Crippen LogP contribution in [-0.2, 0) is 0 Å². The topological polar surface area (TPSA) is 55.1 Å². The zero-order chi connectivity index (χ0) is 11.7. The van der Waals surface area contributed by atoms with Crippen LogP contribution in [0.2, 0.25) is 5.15 Å². The number of fused-ring (bicyclic) bond motifs is 1. The van der Waals surface area contributed by atoms with E-state index in [0.717, 1.165) is 11.5 Å². The minimum atomic E-state index is 0.421. The number of halogens is 1. The molecule has 0 aliphatic heterocycles. The Bertz CT molecular complexity index is 649. The Morgan fingerprint density at radius 3 is 3.00 bits per heavy atom. The molecule has 1 N–H and O–H groups in total. The molecule has 0 fully saturated rings. The largest absolute Gasteiger partial charge is 0.339 e. The van der Waals surface area contributed by atoms with Crippen LogP contribution in [-0.4, -0.2) is 19.6 Å². The molecule has 0 aromatic carbocycles. The van der Waals surface area contributed by atoms with Crippen molar-refractivity contribution in [1.82, 2.24) is 19.6 Å². The Hall–Kier alpha value is -2.14. The van der Waals surface area contributed by atoms with Gasteiger partial charge in [0, 0.05) is 18.3 Å². The second kappa shape index (κ2) is 4.03. The van der Waals surface area contributed by atoms with Gasteiger partial charge in [-0.25, -0.2) is 4.98 Å². The maximum atomic E-state index is 5.94. The van der Waals surface area contributed by atoms with E-state index in [9.17, 15) is 0 Å². The molecule has 6 heteroatoms. The average molecular weight is 246 g/mol. The summed E-state index contributed by atoms with van der Waals surface area (Å²) in [6.45, 7) is 0. The smallest absolute Gasteiger partial charge is 0.159 e. The Morgan fingerprint density at radius 1 is 1.24 bits per heavy atom. The van der Waals surface area contributed by atoms with E-state index in [1.807, 2.05) is 12.1 Å². The van der Waals surface area contributed by atoms with E-state index >= 15 is 0 Å². The first-order valence-corrected chi connectivity index (χ1v) is 5.38. The van der Waals surface area contributed by atoms with Crippen molar-refractivity contribution in [3.8, 4) is 0 Å². The van der Waals surface area contributed by atoms with Gasteiger partial charge in [-0.15, -0.1) is 0 Å². The molecule has 0 aliphatic rings. The molecule has 0 atom stereocenters. The van der Waals surface area contributed by atoms with Crippen molar-refractivity contribution < 1.29 is 0 Å². The SMILES string of the molecule is Clc1cc(Nc2cccnc2)n2nccc2n1. The quantitative estimate of drug-likeness (QED) is 0.705. The number of anilines is 2. The highest BCUT2D eigenvalue weighted by molar-refractivity contribution is 6.29. The molecule has 5 nitrogen and oxygen atoms in total. The van der Waals surface area contributed by atoms with E-state index in [2.05, 4.69) is 20.4 Å². The van der Waals surface area contributed by atoms with Crippen LogP contribution >= 0.6 is 11.6 Å². The fraction of sp³-hybridized carbons (Fsp3) is 0. The Labute approximate surface area is 102 Å². The number of pyridine rings is 1. The van der Waals surface area contributed by atoms with Crippen LogP contribution in [0.25, 0.3) is 5.65 Å². The Morgan fingerprint density at radius 2 is 2.18 bits per heavy atom. The zero-order valence-corrected chi connectivity index (χ0v) is 9.46. The molecule has 0 unspecified atom stereocenters. The highest BCUT2D eigenvalue weighted by atomic mass is 35.5. The number of hydrogen-bond donors (Lipinski definition) is 1. The lowest BCUT2D eigenvalue weighted by atomic mass is 10.4. The normalized spacial score (nSPS) is 10.6. The molecule has 0 aliphatic carbocycles.